The molecule has 3 aromatic rings. The number of benzene rings is 2. The van der Waals surface area contributed by atoms with E-state index >= 15 is 0 Å². The van der Waals surface area contributed by atoms with E-state index in [2.05, 4.69) is 51.8 Å². The van der Waals surface area contributed by atoms with E-state index in [1.165, 1.54) is 33.9 Å². The quantitative estimate of drug-likeness (QED) is 0.353. The summed E-state index contributed by atoms with van der Waals surface area (Å²) in [6.45, 7) is 7.94. The monoisotopic (exact) mass is 562 g/mol. The minimum absolute atomic E-state index is 0.264. The molecule has 3 heterocycles. The fourth-order valence-corrected chi connectivity index (χ4v) is 7.68. The Balaban J connectivity index is 1.23. The SMILES string of the molecule is CCN1CC(Cc2ccccc2)=NC(=C2CCN(CC[C@@H](NS(=O)(=O)c3cccs3)c3ccccc3)CC2)C1. The van der Waals surface area contributed by atoms with Gasteiger partial charge in [0, 0.05) is 50.9 Å². The summed E-state index contributed by atoms with van der Waals surface area (Å²) >= 11 is 1.25. The van der Waals surface area contributed by atoms with E-state index in [9.17, 15) is 8.42 Å². The fraction of sp³-hybridized carbons (Fsp3) is 0.387. The molecule has 1 fully saturated rings. The number of likely N-dealkylation sites (tertiary alicyclic amines) is 1. The second-order valence-corrected chi connectivity index (χ2v) is 13.2. The van der Waals surface area contributed by atoms with Gasteiger partial charge in [-0.1, -0.05) is 73.7 Å². The molecular formula is C31H38N4O2S2. The highest BCUT2D eigenvalue weighted by Gasteiger charge is 2.25. The first-order chi connectivity index (χ1) is 19.0. The zero-order chi connectivity index (χ0) is 27.1. The molecule has 6 nitrogen and oxygen atoms in total. The Hall–Kier alpha value is -2.62. The maximum atomic E-state index is 13.0. The molecule has 2 aromatic carbocycles. The van der Waals surface area contributed by atoms with E-state index in [0.29, 0.717) is 4.21 Å². The molecule has 1 N–H and O–H groups in total. The molecule has 1 aromatic heterocycles. The Kier molecular flexibility index (Phi) is 9.42. The standard InChI is InChI=1S/C31H38N4O2S2/c1-2-34-23-28(22-25-10-5-3-6-11-25)32-30(24-34)27-15-18-35(19-16-27)20-17-29(26-12-7-4-8-13-26)33-39(36,37)31-14-9-21-38-31/h3-14,21,29,33H,2,15-20,22-24H2,1H3/t29-/m1/s1. The topological polar surface area (TPSA) is 65.0 Å². The maximum Gasteiger partial charge on any atom is 0.250 e. The molecule has 39 heavy (non-hydrogen) atoms. The van der Waals surface area contributed by atoms with Gasteiger partial charge in [-0.25, -0.2) is 13.1 Å². The van der Waals surface area contributed by atoms with Crippen molar-refractivity contribution >= 4 is 27.1 Å². The van der Waals surface area contributed by atoms with Crippen molar-refractivity contribution < 1.29 is 8.42 Å². The molecule has 5 rings (SSSR count). The highest BCUT2D eigenvalue weighted by molar-refractivity contribution is 7.91. The van der Waals surface area contributed by atoms with Crippen molar-refractivity contribution in [3.05, 3.63) is 101 Å². The van der Waals surface area contributed by atoms with Gasteiger partial charge in [-0.3, -0.25) is 9.89 Å². The largest absolute Gasteiger partial charge is 0.303 e. The number of sulfonamides is 1. The first-order valence-corrected chi connectivity index (χ1v) is 16.2. The number of piperidine rings is 1. The summed E-state index contributed by atoms with van der Waals surface area (Å²) in [5.74, 6) is 0. The van der Waals surface area contributed by atoms with Crippen LogP contribution in [0.3, 0.4) is 0 Å². The number of hydrogen-bond donors (Lipinski definition) is 1. The summed E-state index contributed by atoms with van der Waals surface area (Å²) in [6.07, 6.45) is 3.67. The molecule has 2 aliphatic rings. The van der Waals surface area contributed by atoms with Gasteiger partial charge < -0.3 is 4.90 Å². The molecule has 0 aliphatic carbocycles. The number of rotatable bonds is 10. The number of likely N-dealkylation sites (N-methyl/N-ethyl adjacent to an activating group) is 1. The van der Waals surface area contributed by atoms with E-state index in [4.69, 9.17) is 4.99 Å². The normalized spacial score (nSPS) is 18.2. The van der Waals surface area contributed by atoms with E-state index in [1.807, 2.05) is 30.3 Å². The lowest BCUT2D eigenvalue weighted by Crippen LogP contribution is -2.38. The van der Waals surface area contributed by atoms with Crippen LogP contribution in [0.1, 0.15) is 43.4 Å². The highest BCUT2D eigenvalue weighted by atomic mass is 32.2. The average molecular weight is 563 g/mol. The number of hydrogen-bond acceptors (Lipinski definition) is 6. The Morgan fingerprint density at radius 2 is 1.64 bits per heavy atom. The van der Waals surface area contributed by atoms with Gasteiger partial charge in [0.25, 0.3) is 10.0 Å². The Morgan fingerprint density at radius 1 is 0.923 bits per heavy atom. The van der Waals surface area contributed by atoms with Crippen molar-refractivity contribution in [2.45, 2.75) is 42.9 Å². The van der Waals surface area contributed by atoms with Gasteiger partial charge in [0.15, 0.2) is 0 Å². The van der Waals surface area contributed by atoms with E-state index in [0.717, 1.165) is 70.5 Å². The Bertz CT molecular complexity index is 1360. The number of aliphatic imine (C=N–C) groups is 1. The molecule has 0 saturated carbocycles. The second-order valence-electron chi connectivity index (χ2n) is 10.3. The van der Waals surface area contributed by atoms with Gasteiger partial charge in [-0.2, -0.15) is 0 Å². The molecule has 1 saturated heterocycles. The van der Waals surface area contributed by atoms with Crippen LogP contribution >= 0.6 is 11.3 Å². The lowest BCUT2D eigenvalue weighted by Gasteiger charge is -2.33. The Labute approximate surface area is 237 Å². The van der Waals surface area contributed by atoms with Crippen molar-refractivity contribution in [1.82, 2.24) is 14.5 Å². The number of nitrogens with one attached hydrogen (secondary N) is 1. The summed E-state index contributed by atoms with van der Waals surface area (Å²) in [7, 11) is -3.55. The van der Waals surface area contributed by atoms with E-state index in [1.54, 1.807) is 17.5 Å². The van der Waals surface area contributed by atoms with Crippen LogP contribution in [0, 0.1) is 0 Å². The molecule has 0 spiro atoms. The van der Waals surface area contributed by atoms with E-state index < -0.39 is 10.0 Å². The average Bonchev–Trinajstić information content (AvgIpc) is 3.53. The fourth-order valence-electron chi connectivity index (χ4n) is 5.42. The molecule has 0 radical (unpaired) electrons. The summed E-state index contributed by atoms with van der Waals surface area (Å²) < 4.78 is 29.3. The van der Waals surface area contributed by atoms with Crippen LogP contribution in [-0.2, 0) is 16.4 Å². The second kappa shape index (κ2) is 13.2. The van der Waals surface area contributed by atoms with Crippen LogP contribution in [0.2, 0.25) is 0 Å². The Morgan fingerprint density at radius 3 is 2.31 bits per heavy atom. The van der Waals surface area contributed by atoms with Gasteiger partial charge in [-0.05, 0) is 54.0 Å². The van der Waals surface area contributed by atoms with Crippen molar-refractivity contribution in [3.63, 3.8) is 0 Å². The minimum atomic E-state index is -3.55. The molecular weight excluding hydrogens is 525 g/mol. The van der Waals surface area contributed by atoms with Crippen LogP contribution in [0.4, 0.5) is 0 Å². The number of thiophene rings is 1. The lowest BCUT2D eigenvalue weighted by atomic mass is 9.98. The van der Waals surface area contributed by atoms with Crippen LogP contribution in [-0.4, -0.2) is 63.2 Å². The predicted molar refractivity (Wildman–Crippen MR) is 161 cm³/mol. The molecule has 206 valence electrons. The van der Waals surface area contributed by atoms with Crippen molar-refractivity contribution in [1.29, 1.82) is 0 Å². The lowest BCUT2D eigenvalue weighted by molar-refractivity contribution is 0.242. The van der Waals surface area contributed by atoms with Crippen molar-refractivity contribution in [2.24, 2.45) is 4.99 Å². The third kappa shape index (κ3) is 7.52. The first-order valence-electron chi connectivity index (χ1n) is 13.9. The third-order valence-electron chi connectivity index (χ3n) is 7.63. The summed E-state index contributed by atoms with van der Waals surface area (Å²) in [4.78, 5) is 10.1. The zero-order valence-electron chi connectivity index (χ0n) is 22.6. The summed E-state index contributed by atoms with van der Waals surface area (Å²) in [5, 5.41) is 1.80. The minimum Gasteiger partial charge on any atom is -0.303 e. The molecule has 1 atom stereocenters. The highest BCUT2D eigenvalue weighted by Crippen LogP contribution is 2.27. The van der Waals surface area contributed by atoms with Gasteiger partial charge in [-0.15, -0.1) is 11.3 Å². The molecule has 0 unspecified atom stereocenters. The van der Waals surface area contributed by atoms with Crippen LogP contribution in [0.25, 0.3) is 0 Å². The van der Waals surface area contributed by atoms with Crippen molar-refractivity contribution in [2.75, 3.05) is 39.3 Å². The molecule has 0 amide bonds. The zero-order valence-corrected chi connectivity index (χ0v) is 24.3. The van der Waals surface area contributed by atoms with Crippen LogP contribution in [0.5, 0.6) is 0 Å². The predicted octanol–water partition coefficient (Wildman–Crippen LogP) is 5.53. The molecule has 8 heteroatoms. The summed E-state index contributed by atoms with van der Waals surface area (Å²) in [6, 6.07) is 23.7. The van der Waals surface area contributed by atoms with Gasteiger partial charge in [0.05, 0.1) is 5.70 Å². The van der Waals surface area contributed by atoms with Gasteiger partial charge >= 0.3 is 0 Å². The molecule has 0 bridgehead atoms. The maximum absolute atomic E-state index is 13.0. The first kappa shape index (κ1) is 27.9. The van der Waals surface area contributed by atoms with Gasteiger partial charge in [0.2, 0.25) is 0 Å². The number of nitrogens with zero attached hydrogens (tertiary/aromatic N) is 3. The van der Waals surface area contributed by atoms with Crippen molar-refractivity contribution in [3.8, 4) is 0 Å². The van der Waals surface area contributed by atoms with Crippen LogP contribution in [0.15, 0.2) is 98.6 Å². The summed E-state index contributed by atoms with van der Waals surface area (Å²) in [5.41, 5.74) is 6.31. The van der Waals surface area contributed by atoms with Gasteiger partial charge in [0.1, 0.15) is 4.21 Å². The molecule has 2 aliphatic heterocycles. The third-order valence-corrected chi connectivity index (χ3v) is 10.5. The smallest absolute Gasteiger partial charge is 0.250 e. The van der Waals surface area contributed by atoms with E-state index in [-0.39, 0.29) is 6.04 Å². The van der Waals surface area contributed by atoms with Crippen LogP contribution < -0.4 is 4.72 Å².